The van der Waals surface area contributed by atoms with Crippen molar-refractivity contribution < 1.29 is 0 Å². The zero-order valence-electron chi connectivity index (χ0n) is 22.6. The molecule has 3 aromatic carbocycles. The molecular weight excluding hydrogens is 444 g/mol. The summed E-state index contributed by atoms with van der Waals surface area (Å²) in [7, 11) is 4.12. The fourth-order valence-electron chi connectivity index (χ4n) is 5.60. The minimum atomic E-state index is 1.06. The predicted octanol–water partition coefficient (Wildman–Crippen LogP) is 5.88. The van der Waals surface area contributed by atoms with Crippen molar-refractivity contribution in [2.75, 3.05) is 24.1 Å². The molecule has 0 saturated heterocycles. The molecule has 186 valence electrons. The van der Waals surface area contributed by atoms with Gasteiger partial charge in [0.05, 0.1) is 22.8 Å². The van der Waals surface area contributed by atoms with Crippen LogP contribution in [0.3, 0.4) is 0 Å². The third kappa shape index (κ3) is 4.23. The number of benzene rings is 3. The molecule has 0 atom stereocenters. The summed E-state index contributed by atoms with van der Waals surface area (Å²) in [6.07, 6.45) is 4.35. The lowest BCUT2D eigenvalue weighted by Crippen LogP contribution is -2.39. The van der Waals surface area contributed by atoms with Crippen molar-refractivity contribution in [3.63, 3.8) is 0 Å². The van der Waals surface area contributed by atoms with Crippen LogP contribution in [0.4, 0.5) is 11.4 Å². The van der Waals surface area contributed by atoms with Crippen molar-refractivity contribution >= 4 is 22.8 Å². The fraction of sp³-hybridized carbons (Fsp3) is 0.267. The van der Waals surface area contributed by atoms with Crippen LogP contribution in [0.5, 0.6) is 0 Å². The largest absolute Gasteiger partial charge is 0.291 e. The molecule has 2 aliphatic rings. The van der Waals surface area contributed by atoms with Gasteiger partial charge in [-0.1, -0.05) is 41.5 Å². The van der Waals surface area contributed by atoms with Gasteiger partial charge in [-0.3, -0.25) is 20.0 Å². The maximum absolute atomic E-state index is 3.48. The Hall–Kier alpha value is -3.74. The number of rotatable bonds is 4. The Morgan fingerprint density at radius 3 is 1.25 bits per heavy atom. The highest BCUT2D eigenvalue weighted by molar-refractivity contribution is 5.77. The van der Waals surface area contributed by atoms with Gasteiger partial charge < -0.3 is 0 Å². The molecule has 3 aromatic rings. The van der Waals surface area contributed by atoms with E-state index in [9.17, 15) is 0 Å². The number of hydrogen-bond donors (Lipinski definition) is 2. The molecule has 0 bridgehead atoms. The average Bonchev–Trinajstić information content (AvgIpc) is 3.36. The first-order chi connectivity index (χ1) is 17.1. The molecule has 0 amide bonds. The Kier molecular flexibility index (Phi) is 6.02. The van der Waals surface area contributed by atoms with Crippen molar-refractivity contribution in [3.05, 3.63) is 105 Å². The number of anilines is 2. The van der Waals surface area contributed by atoms with Gasteiger partial charge in [0.1, 0.15) is 0 Å². The van der Waals surface area contributed by atoms with E-state index in [1.165, 1.54) is 44.5 Å². The van der Waals surface area contributed by atoms with Crippen molar-refractivity contribution in [1.82, 2.24) is 21.1 Å². The van der Waals surface area contributed by atoms with Gasteiger partial charge in [-0.15, -0.1) is 11.1 Å². The number of nitrogens with zero attached hydrogens (tertiary/aromatic N) is 4. The molecule has 2 N–H and O–H groups in total. The number of hydrogen-bond acceptors (Lipinski definition) is 6. The van der Waals surface area contributed by atoms with Gasteiger partial charge >= 0.3 is 0 Å². The molecule has 0 radical (unpaired) electrons. The van der Waals surface area contributed by atoms with Crippen LogP contribution < -0.4 is 21.1 Å². The minimum absolute atomic E-state index is 1.06. The Morgan fingerprint density at radius 1 is 0.528 bits per heavy atom. The van der Waals surface area contributed by atoms with Crippen LogP contribution in [-0.2, 0) is 0 Å². The normalized spacial score (nSPS) is 15.7. The molecule has 0 aliphatic carbocycles. The van der Waals surface area contributed by atoms with Gasteiger partial charge in [0.15, 0.2) is 0 Å². The van der Waals surface area contributed by atoms with Crippen molar-refractivity contribution in [2.45, 2.75) is 41.5 Å². The molecule has 0 saturated carbocycles. The molecule has 0 spiro atoms. The van der Waals surface area contributed by atoms with Gasteiger partial charge in [-0.2, -0.15) is 0 Å². The van der Waals surface area contributed by atoms with Crippen molar-refractivity contribution in [1.29, 1.82) is 0 Å². The standard InChI is InChI=1S/C30H36N6/c1-19-12-21(3)29(22(4)13-19)27-17-35(31-33(27)7)25-10-9-11-26(16-25)36-18-28(34(8)32-36)30-23(5)14-20(2)15-24(30)6/h9-18,31-32H,1-8H3. The van der Waals surface area contributed by atoms with Crippen LogP contribution in [0, 0.1) is 41.5 Å². The molecule has 0 aromatic heterocycles. The second-order valence-electron chi connectivity index (χ2n) is 10.2. The van der Waals surface area contributed by atoms with E-state index in [1.54, 1.807) is 0 Å². The maximum Gasteiger partial charge on any atom is 0.0790 e. The summed E-state index contributed by atoms with van der Waals surface area (Å²) >= 11 is 0. The third-order valence-electron chi connectivity index (χ3n) is 6.99. The summed E-state index contributed by atoms with van der Waals surface area (Å²) in [5, 5.41) is 8.33. The van der Waals surface area contributed by atoms with E-state index in [0.29, 0.717) is 0 Å². The van der Waals surface area contributed by atoms with Gasteiger partial charge in [0.2, 0.25) is 0 Å². The van der Waals surface area contributed by atoms with Crippen LogP contribution in [0.2, 0.25) is 0 Å². The molecule has 6 nitrogen and oxygen atoms in total. The smallest absolute Gasteiger partial charge is 0.0790 e. The average molecular weight is 481 g/mol. The quantitative estimate of drug-likeness (QED) is 0.486. The van der Waals surface area contributed by atoms with Gasteiger partial charge in [-0.25, -0.2) is 0 Å². The van der Waals surface area contributed by atoms with Crippen LogP contribution in [-0.4, -0.2) is 24.1 Å². The fourth-order valence-corrected chi connectivity index (χ4v) is 5.60. The molecule has 36 heavy (non-hydrogen) atoms. The van der Waals surface area contributed by atoms with E-state index in [2.05, 4.69) is 148 Å². The lowest BCUT2D eigenvalue weighted by Gasteiger charge is -2.24. The molecular formula is C30H36N6. The maximum atomic E-state index is 3.48. The van der Waals surface area contributed by atoms with Crippen LogP contribution >= 0.6 is 0 Å². The van der Waals surface area contributed by atoms with Crippen LogP contribution in [0.15, 0.2) is 60.9 Å². The molecule has 2 heterocycles. The first-order valence-electron chi connectivity index (χ1n) is 12.4. The topological polar surface area (TPSA) is 37.0 Å². The summed E-state index contributed by atoms with van der Waals surface area (Å²) in [4.78, 5) is 0. The minimum Gasteiger partial charge on any atom is -0.291 e. The Bertz CT molecular complexity index is 1250. The summed E-state index contributed by atoms with van der Waals surface area (Å²) < 4.78 is 0. The zero-order valence-corrected chi connectivity index (χ0v) is 22.6. The summed E-state index contributed by atoms with van der Waals surface area (Å²) in [5.74, 6) is 0. The van der Waals surface area contributed by atoms with Gasteiger partial charge in [0, 0.05) is 37.6 Å². The highest BCUT2D eigenvalue weighted by Gasteiger charge is 2.25. The van der Waals surface area contributed by atoms with Crippen LogP contribution in [0.25, 0.3) is 11.4 Å². The first-order valence-corrected chi connectivity index (χ1v) is 12.4. The Morgan fingerprint density at radius 2 is 0.889 bits per heavy atom. The monoisotopic (exact) mass is 480 g/mol. The molecule has 2 aliphatic heterocycles. The molecule has 0 unspecified atom stereocenters. The summed E-state index contributed by atoms with van der Waals surface area (Å²) in [5.41, 5.74) is 21.6. The molecule has 6 heteroatoms. The zero-order chi connectivity index (χ0) is 25.7. The second-order valence-corrected chi connectivity index (χ2v) is 10.2. The lowest BCUT2D eigenvalue weighted by molar-refractivity contribution is 0.373. The number of nitrogens with one attached hydrogen (secondary N) is 2. The van der Waals surface area contributed by atoms with Crippen molar-refractivity contribution in [3.8, 4) is 0 Å². The first kappa shape index (κ1) is 24.0. The van der Waals surface area contributed by atoms with E-state index in [4.69, 9.17) is 0 Å². The van der Waals surface area contributed by atoms with E-state index in [-0.39, 0.29) is 0 Å². The second kappa shape index (κ2) is 9.04. The number of hydrazine groups is 4. The Balaban J connectivity index is 1.46. The highest BCUT2D eigenvalue weighted by Crippen LogP contribution is 2.34. The van der Waals surface area contributed by atoms with E-state index < -0.39 is 0 Å². The third-order valence-corrected chi connectivity index (χ3v) is 6.99. The van der Waals surface area contributed by atoms with Gasteiger partial charge in [0.25, 0.3) is 0 Å². The summed E-state index contributed by atoms with van der Waals surface area (Å²) in [6.45, 7) is 13.0. The van der Waals surface area contributed by atoms with Gasteiger partial charge in [-0.05, 0) is 82.0 Å². The summed E-state index contributed by atoms with van der Waals surface area (Å²) in [6, 6.07) is 17.5. The van der Waals surface area contributed by atoms with E-state index >= 15 is 0 Å². The number of aryl methyl sites for hydroxylation is 6. The van der Waals surface area contributed by atoms with E-state index in [0.717, 1.165) is 22.8 Å². The Labute approximate surface area is 215 Å². The SMILES string of the molecule is Cc1cc(C)c(C2=CN(c3cccc(N4C=C(c5c(C)cc(C)cc5C)N(C)N4)c3)NN2C)c(C)c1. The molecule has 5 rings (SSSR count). The van der Waals surface area contributed by atoms with Crippen LogP contribution in [0.1, 0.15) is 44.5 Å². The predicted molar refractivity (Wildman–Crippen MR) is 150 cm³/mol. The molecule has 0 fully saturated rings. The highest BCUT2D eigenvalue weighted by atomic mass is 15.8. The van der Waals surface area contributed by atoms with E-state index in [1.807, 2.05) is 0 Å². The lowest BCUT2D eigenvalue weighted by atomic mass is 9.97. The van der Waals surface area contributed by atoms with Crippen molar-refractivity contribution in [2.24, 2.45) is 0 Å².